The molecule has 1 aromatic rings. The van der Waals surface area contributed by atoms with Gasteiger partial charge in [0.05, 0.1) is 10.5 Å². The lowest BCUT2D eigenvalue weighted by molar-refractivity contribution is -0.387. The Balaban J connectivity index is 3.47. The smallest absolute Gasteiger partial charge is 0.258 e. The molecule has 13 heavy (non-hydrogen) atoms. The minimum absolute atomic E-state index is 0.0374. The Kier molecular flexibility index (Phi) is 2.44. The predicted octanol–water partition coefficient (Wildman–Crippen LogP) is 2.26. The lowest BCUT2D eigenvalue weighted by atomic mass is 10.2. The Morgan fingerprint density at radius 1 is 1.62 bits per heavy atom. The van der Waals surface area contributed by atoms with Crippen molar-refractivity contribution in [1.29, 1.82) is 5.26 Å². The molecule has 1 rings (SSSR count). The molecule has 0 aliphatic rings. The molecular weight excluding hydrogens is 199 g/mol. The average Bonchev–Trinajstić information content (AvgIpc) is 2.08. The molecule has 0 amide bonds. The minimum atomic E-state index is -1.16. The maximum Gasteiger partial charge on any atom is 0.307 e. The zero-order valence-electron chi connectivity index (χ0n) is 6.12. The maximum absolute atomic E-state index is 13.0. The van der Waals surface area contributed by atoms with E-state index in [9.17, 15) is 14.5 Å². The number of nitriles is 1. The van der Waals surface area contributed by atoms with Crippen LogP contribution < -0.4 is 0 Å². The Hall–Kier alpha value is -1.67. The van der Waals surface area contributed by atoms with Crippen molar-refractivity contribution in [2.45, 2.75) is 0 Å². The van der Waals surface area contributed by atoms with Gasteiger partial charge in [-0.05, 0) is 6.07 Å². The zero-order valence-corrected chi connectivity index (χ0v) is 6.88. The van der Waals surface area contributed by atoms with E-state index in [4.69, 9.17) is 16.9 Å². The molecule has 0 fully saturated rings. The van der Waals surface area contributed by atoms with Crippen molar-refractivity contribution in [3.05, 3.63) is 38.7 Å². The van der Waals surface area contributed by atoms with E-state index in [2.05, 4.69) is 0 Å². The van der Waals surface area contributed by atoms with E-state index in [1.807, 2.05) is 0 Å². The third-order valence-electron chi connectivity index (χ3n) is 1.34. The van der Waals surface area contributed by atoms with Gasteiger partial charge in [0.25, 0.3) is 0 Å². The van der Waals surface area contributed by atoms with Crippen LogP contribution in [0.5, 0.6) is 0 Å². The van der Waals surface area contributed by atoms with Crippen LogP contribution in [0.3, 0.4) is 0 Å². The van der Waals surface area contributed by atoms with E-state index < -0.39 is 22.0 Å². The standard InChI is InChI=1S/C7H2ClFN2O2/c8-5-1-4(3-10)7(9)6(2-5)11(12)13/h1-2H. The largest absolute Gasteiger partial charge is 0.307 e. The summed E-state index contributed by atoms with van der Waals surface area (Å²) in [5.41, 5.74) is -1.22. The molecule has 0 saturated carbocycles. The lowest BCUT2D eigenvalue weighted by Gasteiger charge is -1.96. The van der Waals surface area contributed by atoms with Crippen molar-refractivity contribution in [3.8, 4) is 6.07 Å². The average molecular weight is 201 g/mol. The maximum atomic E-state index is 13.0. The molecule has 0 bridgehead atoms. The van der Waals surface area contributed by atoms with Crippen LogP contribution in [0.4, 0.5) is 10.1 Å². The molecule has 0 saturated heterocycles. The molecule has 0 atom stereocenters. The third kappa shape index (κ3) is 1.73. The molecule has 66 valence electrons. The summed E-state index contributed by atoms with van der Waals surface area (Å²) < 4.78 is 13.0. The summed E-state index contributed by atoms with van der Waals surface area (Å²) in [6, 6.07) is 3.36. The van der Waals surface area contributed by atoms with Crippen molar-refractivity contribution < 1.29 is 9.31 Å². The molecule has 0 aromatic heterocycles. The van der Waals surface area contributed by atoms with E-state index in [-0.39, 0.29) is 5.02 Å². The van der Waals surface area contributed by atoms with Crippen LogP contribution >= 0.6 is 11.6 Å². The van der Waals surface area contributed by atoms with Gasteiger partial charge in [-0.25, -0.2) is 0 Å². The highest BCUT2D eigenvalue weighted by molar-refractivity contribution is 6.30. The number of hydrogen-bond donors (Lipinski definition) is 0. The van der Waals surface area contributed by atoms with E-state index in [1.54, 1.807) is 0 Å². The first kappa shape index (κ1) is 9.42. The fourth-order valence-corrected chi connectivity index (χ4v) is 1.00. The normalized spacial score (nSPS) is 9.31. The number of nitro groups is 1. The van der Waals surface area contributed by atoms with Crippen molar-refractivity contribution in [2.24, 2.45) is 0 Å². The van der Waals surface area contributed by atoms with Crippen molar-refractivity contribution in [2.75, 3.05) is 0 Å². The number of nitro benzene ring substituents is 1. The van der Waals surface area contributed by atoms with Gasteiger partial charge in [0, 0.05) is 11.1 Å². The second kappa shape index (κ2) is 3.37. The Morgan fingerprint density at radius 2 is 2.23 bits per heavy atom. The number of benzene rings is 1. The number of rotatable bonds is 1. The lowest BCUT2D eigenvalue weighted by Crippen LogP contribution is -1.95. The summed E-state index contributed by atoms with van der Waals surface area (Å²) in [6.45, 7) is 0. The van der Waals surface area contributed by atoms with Gasteiger partial charge in [-0.15, -0.1) is 0 Å². The second-order valence-corrected chi connectivity index (χ2v) is 2.59. The van der Waals surface area contributed by atoms with Crippen LogP contribution in [-0.2, 0) is 0 Å². The highest BCUT2D eigenvalue weighted by atomic mass is 35.5. The quantitative estimate of drug-likeness (QED) is 0.516. The Labute approximate surface area is 77.3 Å². The van der Waals surface area contributed by atoms with Gasteiger partial charge >= 0.3 is 5.69 Å². The van der Waals surface area contributed by atoms with Crippen LogP contribution in [-0.4, -0.2) is 4.92 Å². The van der Waals surface area contributed by atoms with Crippen LogP contribution in [0.15, 0.2) is 12.1 Å². The van der Waals surface area contributed by atoms with Crippen LogP contribution in [0, 0.1) is 27.3 Å². The molecule has 0 radical (unpaired) electrons. The highest BCUT2D eigenvalue weighted by Gasteiger charge is 2.18. The van der Waals surface area contributed by atoms with Gasteiger partial charge in [-0.1, -0.05) is 11.6 Å². The molecule has 0 heterocycles. The Bertz CT molecular complexity index is 414. The van der Waals surface area contributed by atoms with Gasteiger partial charge in [0.1, 0.15) is 6.07 Å². The second-order valence-electron chi connectivity index (χ2n) is 2.16. The first-order valence-electron chi connectivity index (χ1n) is 3.10. The number of halogens is 2. The third-order valence-corrected chi connectivity index (χ3v) is 1.55. The van der Waals surface area contributed by atoms with Crippen LogP contribution in [0.25, 0.3) is 0 Å². The van der Waals surface area contributed by atoms with Gasteiger partial charge in [0.2, 0.25) is 5.82 Å². The molecule has 6 heteroatoms. The fourth-order valence-electron chi connectivity index (χ4n) is 0.789. The molecule has 4 nitrogen and oxygen atoms in total. The fraction of sp³-hybridized carbons (Fsp3) is 0. The molecule has 0 aliphatic carbocycles. The van der Waals surface area contributed by atoms with E-state index in [0.717, 1.165) is 12.1 Å². The number of nitrogens with zero attached hydrogens (tertiary/aromatic N) is 2. The van der Waals surface area contributed by atoms with E-state index >= 15 is 0 Å². The SMILES string of the molecule is N#Cc1cc(Cl)cc([N+](=O)[O-])c1F. The van der Waals surface area contributed by atoms with Crippen molar-refractivity contribution in [1.82, 2.24) is 0 Å². The summed E-state index contributed by atoms with van der Waals surface area (Å²) in [6.07, 6.45) is 0. The predicted molar refractivity (Wildman–Crippen MR) is 42.8 cm³/mol. The van der Waals surface area contributed by atoms with Gasteiger partial charge in [-0.2, -0.15) is 9.65 Å². The minimum Gasteiger partial charge on any atom is -0.258 e. The summed E-state index contributed by atoms with van der Waals surface area (Å²) in [4.78, 5) is 9.31. The topological polar surface area (TPSA) is 66.9 Å². The van der Waals surface area contributed by atoms with Gasteiger partial charge in [0.15, 0.2) is 0 Å². The van der Waals surface area contributed by atoms with Crippen LogP contribution in [0.1, 0.15) is 5.56 Å². The Morgan fingerprint density at radius 3 is 2.69 bits per heavy atom. The summed E-state index contributed by atoms with van der Waals surface area (Å²) in [5, 5.41) is 18.6. The highest BCUT2D eigenvalue weighted by Crippen LogP contribution is 2.24. The summed E-state index contributed by atoms with van der Waals surface area (Å²) in [7, 11) is 0. The molecular formula is C7H2ClFN2O2. The molecule has 0 aliphatic heterocycles. The van der Waals surface area contributed by atoms with Gasteiger partial charge in [-0.3, -0.25) is 10.1 Å². The summed E-state index contributed by atoms with van der Waals surface area (Å²) >= 11 is 5.42. The van der Waals surface area contributed by atoms with E-state index in [1.165, 1.54) is 6.07 Å². The monoisotopic (exact) mass is 200 g/mol. The molecule has 0 spiro atoms. The first-order chi connectivity index (χ1) is 6.06. The first-order valence-corrected chi connectivity index (χ1v) is 3.47. The van der Waals surface area contributed by atoms with Gasteiger partial charge < -0.3 is 0 Å². The molecule has 0 unspecified atom stereocenters. The number of hydrogen-bond acceptors (Lipinski definition) is 3. The van der Waals surface area contributed by atoms with Crippen LogP contribution in [0.2, 0.25) is 5.02 Å². The zero-order chi connectivity index (χ0) is 10.0. The van der Waals surface area contributed by atoms with Crippen molar-refractivity contribution in [3.63, 3.8) is 0 Å². The molecule has 1 aromatic carbocycles. The summed E-state index contributed by atoms with van der Waals surface area (Å²) in [5.74, 6) is -1.16. The molecule has 0 N–H and O–H groups in total. The van der Waals surface area contributed by atoms with Crippen molar-refractivity contribution >= 4 is 17.3 Å². The van der Waals surface area contributed by atoms with E-state index in [0.29, 0.717) is 0 Å².